The molecule has 6 rings (SSSR count). The highest BCUT2D eigenvalue weighted by Crippen LogP contribution is 2.45. The van der Waals surface area contributed by atoms with Gasteiger partial charge in [0, 0.05) is 40.7 Å². The molecular formula is C27H20N8O. The Kier molecular flexibility index (Phi) is 5.00. The average molecular weight is 473 g/mol. The van der Waals surface area contributed by atoms with Gasteiger partial charge in [-0.1, -0.05) is 30.3 Å². The number of phenolic OH excluding ortho intramolecular Hbond substituents is 1. The van der Waals surface area contributed by atoms with Gasteiger partial charge in [0.05, 0.1) is 16.8 Å². The predicted octanol–water partition coefficient (Wildman–Crippen LogP) is 4.68. The fraction of sp³-hybridized carbons (Fsp3) is 0. The molecule has 0 saturated heterocycles. The molecule has 0 atom stereocenters. The molecule has 4 heterocycles. The number of hydrogen-bond acceptors (Lipinski definition) is 8. The molecule has 0 amide bonds. The molecule has 0 bridgehead atoms. The molecule has 9 heteroatoms. The zero-order valence-electron chi connectivity index (χ0n) is 18.9. The van der Waals surface area contributed by atoms with E-state index in [9.17, 15) is 5.11 Å². The number of nitrogens with two attached hydrogens (primary N) is 2. The standard InChI is InChI=1S/C27H20N8O/c28-21-10-9-17(15-5-3-6-16(36)13-15)24(33-21)23-22(25-18-7-1-2-8-20(18)34-35-25)19(14-32-26(23)29)27-30-11-4-12-31-27/h1-14,36H,(H2,28,33)(H2,29,32)(H,34,35). The highest BCUT2D eigenvalue weighted by Gasteiger charge is 2.26. The first-order chi connectivity index (χ1) is 17.6. The number of aromatic nitrogens is 6. The summed E-state index contributed by atoms with van der Waals surface area (Å²) in [5.74, 6) is 1.16. The number of nitrogen functional groups attached to an aromatic ring is 2. The minimum Gasteiger partial charge on any atom is -0.508 e. The molecule has 9 nitrogen and oxygen atoms in total. The number of H-pyrrole nitrogens is 1. The number of hydrogen-bond donors (Lipinski definition) is 4. The average Bonchev–Trinajstić information content (AvgIpc) is 3.33. The van der Waals surface area contributed by atoms with Gasteiger partial charge in [0.2, 0.25) is 0 Å². The number of benzene rings is 2. The fourth-order valence-corrected chi connectivity index (χ4v) is 4.34. The van der Waals surface area contributed by atoms with Crippen LogP contribution in [0.3, 0.4) is 0 Å². The number of para-hydroxylation sites is 1. The summed E-state index contributed by atoms with van der Waals surface area (Å²) < 4.78 is 0. The molecule has 0 radical (unpaired) electrons. The van der Waals surface area contributed by atoms with E-state index in [-0.39, 0.29) is 11.6 Å². The highest BCUT2D eigenvalue weighted by atomic mass is 16.3. The molecule has 0 saturated carbocycles. The van der Waals surface area contributed by atoms with E-state index in [4.69, 9.17) is 16.5 Å². The third-order valence-electron chi connectivity index (χ3n) is 5.93. The van der Waals surface area contributed by atoms with Crippen molar-refractivity contribution in [2.45, 2.75) is 0 Å². The van der Waals surface area contributed by atoms with Crippen LogP contribution in [0.5, 0.6) is 5.75 Å². The Labute approximate surface area is 205 Å². The van der Waals surface area contributed by atoms with Crippen LogP contribution in [0.2, 0.25) is 0 Å². The van der Waals surface area contributed by atoms with Crippen LogP contribution in [-0.4, -0.2) is 35.2 Å². The maximum Gasteiger partial charge on any atom is 0.161 e. The molecule has 0 aliphatic heterocycles. The second-order valence-electron chi connectivity index (χ2n) is 8.18. The van der Waals surface area contributed by atoms with E-state index in [1.54, 1.807) is 48.9 Å². The Balaban J connectivity index is 1.74. The number of nitrogens with one attached hydrogen (secondary N) is 1. The van der Waals surface area contributed by atoms with Crippen molar-refractivity contribution in [2.24, 2.45) is 0 Å². The van der Waals surface area contributed by atoms with Crippen LogP contribution in [0.25, 0.3) is 55.9 Å². The van der Waals surface area contributed by atoms with E-state index in [0.29, 0.717) is 39.7 Å². The predicted molar refractivity (Wildman–Crippen MR) is 140 cm³/mol. The Bertz CT molecular complexity index is 1730. The lowest BCUT2D eigenvalue weighted by molar-refractivity contribution is 0.475. The van der Waals surface area contributed by atoms with E-state index >= 15 is 0 Å². The molecule has 36 heavy (non-hydrogen) atoms. The summed E-state index contributed by atoms with van der Waals surface area (Å²) in [4.78, 5) is 18.1. The first-order valence-corrected chi connectivity index (χ1v) is 11.2. The van der Waals surface area contributed by atoms with E-state index in [0.717, 1.165) is 22.0 Å². The van der Waals surface area contributed by atoms with Crippen molar-refractivity contribution in [1.82, 2.24) is 30.1 Å². The van der Waals surface area contributed by atoms with Crippen molar-refractivity contribution < 1.29 is 5.11 Å². The topological polar surface area (TPSA) is 153 Å². The molecule has 0 spiro atoms. The minimum absolute atomic E-state index is 0.131. The summed E-state index contributed by atoms with van der Waals surface area (Å²) >= 11 is 0. The van der Waals surface area contributed by atoms with E-state index in [2.05, 4.69) is 25.1 Å². The second kappa shape index (κ2) is 8.48. The molecule has 6 aromatic rings. The zero-order chi connectivity index (χ0) is 24.6. The summed E-state index contributed by atoms with van der Waals surface area (Å²) in [6, 6.07) is 20.0. The number of anilines is 2. The molecule has 4 aromatic heterocycles. The van der Waals surface area contributed by atoms with Crippen LogP contribution in [0, 0.1) is 0 Å². The third kappa shape index (κ3) is 3.55. The van der Waals surface area contributed by atoms with E-state index in [1.807, 2.05) is 36.4 Å². The van der Waals surface area contributed by atoms with Crippen molar-refractivity contribution in [3.63, 3.8) is 0 Å². The van der Waals surface area contributed by atoms with Crippen molar-refractivity contribution in [1.29, 1.82) is 0 Å². The maximum atomic E-state index is 10.1. The van der Waals surface area contributed by atoms with Gasteiger partial charge in [-0.2, -0.15) is 5.10 Å². The first kappa shape index (κ1) is 21.2. The number of fused-ring (bicyclic) bond motifs is 1. The fourth-order valence-electron chi connectivity index (χ4n) is 4.34. The van der Waals surface area contributed by atoms with Crippen molar-refractivity contribution in [3.05, 3.63) is 85.3 Å². The molecular weight excluding hydrogens is 452 g/mol. The van der Waals surface area contributed by atoms with Gasteiger partial charge < -0.3 is 16.6 Å². The van der Waals surface area contributed by atoms with Crippen LogP contribution in [0.1, 0.15) is 0 Å². The lowest BCUT2D eigenvalue weighted by atomic mass is 9.91. The van der Waals surface area contributed by atoms with Gasteiger partial charge in [-0.25, -0.2) is 19.9 Å². The summed E-state index contributed by atoms with van der Waals surface area (Å²) in [6.07, 6.45) is 4.98. The molecule has 6 N–H and O–H groups in total. The molecule has 0 aliphatic carbocycles. The number of phenols is 1. The smallest absolute Gasteiger partial charge is 0.161 e. The lowest BCUT2D eigenvalue weighted by Gasteiger charge is -2.17. The number of pyridine rings is 2. The van der Waals surface area contributed by atoms with Crippen LogP contribution >= 0.6 is 0 Å². The first-order valence-electron chi connectivity index (χ1n) is 11.2. The Morgan fingerprint density at radius 2 is 1.58 bits per heavy atom. The molecule has 0 unspecified atom stereocenters. The van der Waals surface area contributed by atoms with E-state index < -0.39 is 0 Å². The monoisotopic (exact) mass is 472 g/mol. The molecule has 2 aromatic carbocycles. The minimum atomic E-state index is 0.131. The number of rotatable bonds is 4. The lowest BCUT2D eigenvalue weighted by Crippen LogP contribution is -2.04. The van der Waals surface area contributed by atoms with Crippen LogP contribution < -0.4 is 11.5 Å². The summed E-state index contributed by atoms with van der Waals surface area (Å²) in [5.41, 5.74) is 18.1. The number of aromatic amines is 1. The number of nitrogens with zero attached hydrogens (tertiary/aromatic N) is 5. The van der Waals surface area contributed by atoms with Gasteiger partial charge in [-0.15, -0.1) is 0 Å². The van der Waals surface area contributed by atoms with Crippen molar-refractivity contribution in [3.8, 4) is 50.8 Å². The summed E-state index contributed by atoms with van der Waals surface area (Å²) in [6.45, 7) is 0. The second-order valence-corrected chi connectivity index (χ2v) is 8.18. The molecule has 174 valence electrons. The van der Waals surface area contributed by atoms with Gasteiger partial charge in [-0.3, -0.25) is 5.10 Å². The molecule has 0 aliphatic rings. The van der Waals surface area contributed by atoms with Gasteiger partial charge in [0.25, 0.3) is 0 Å². The van der Waals surface area contributed by atoms with E-state index in [1.165, 1.54) is 0 Å². The van der Waals surface area contributed by atoms with Crippen LogP contribution in [0.15, 0.2) is 85.3 Å². The van der Waals surface area contributed by atoms with Crippen LogP contribution in [0.4, 0.5) is 11.6 Å². The molecule has 0 fully saturated rings. The summed E-state index contributed by atoms with van der Waals surface area (Å²) in [7, 11) is 0. The van der Waals surface area contributed by atoms with Gasteiger partial charge >= 0.3 is 0 Å². The van der Waals surface area contributed by atoms with Crippen LogP contribution in [-0.2, 0) is 0 Å². The Morgan fingerprint density at radius 1 is 0.750 bits per heavy atom. The van der Waals surface area contributed by atoms with Crippen molar-refractivity contribution >= 4 is 22.5 Å². The quantitative estimate of drug-likeness (QED) is 0.288. The largest absolute Gasteiger partial charge is 0.508 e. The zero-order valence-corrected chi connectivity index (χ0v) is 18.9. The third-order valence-corrected chi connectivity index (χ3v) is 5.93. The van der Waals surface area contributed by atoms with Gasteiger partial charge in [0.1, 0.15) is 23.1 Å². The van der Waals surface area contributed by atoms with Gasteiger partial charge in [-0.05, 0) is 42.0 Å². The van der Waals surface area contributed by atoms with Gasteiger partial charge in [0.15, 0.2) is 5.82 Å². The van der Waals surface area contributed by atoms with Crippen molar-refractivity contribution in [2.75, 3.05) is 11.5 Å². The Morgan fingerprint density at radius 3 is 2.42 bits per heavy atom. The highest BCUT2D eigenvalue weighted by molar-refractivity contribution is 6.05. The number of aromatic hydroxyl groups is 1. The normalized spacial score (nSPS) is 11.1. The Hall–Kier alpha value is -5.31. The SMILES string of the molecule is Nc1ccc(-c2cccc(O)c2)c(-c2c(N)ncc(-c3ncccn3)c2-c2n[nH]c3ccccc23)n1. The summed E-state index contributed by atoms with van der Waals surface area (Å²) in [5, 5.41) is 18.8. The maximum absolute atomic E-state index is 10.1.